The van der Waals surface area contributed by atoms with E-state index in [2.05, 4.69) is 9.97 Å². The van der Waals surface area contributed by atoms with E-state index in [0.717, 1.165) is 0 Å². The van der Waals surface area contributed by atoms with Gasteiger partial charge in [0.15, 0.2) is 0 Å². The lowest BCUT2D eigenvalue weighted by Crippen LogP contribution is -2.02. The van der Waals surface area contributed by atoms with Crippen LogP contribution in [-0.4, -0.2) is 29.3 Å². The quantitative estimate of drug-likeness (QED) is 0.944. The maximum absolute atomic E-state index is 9.83. The van der Waals surface area contributed by atoms with Crippen molar-refractivity contribution in [2.45, 2.75) is 13.0 Å². The van der Waals surface area contributed by atoms with E-state index >= 15 is 0 Å². The number of fused-ring (bicyclic) bond motifs is 1. The first kappa shape index (κ1) is 14.1. The number of aromatic nitrogens is 2. The molecule has 0 radical (unpaired) electrons. The lowest BCUT2D eigenvalue weighted by Gasteiger charge is -2.14. The highest BCUT2D eigenvalue weighted by Crippen LogP contribution is 2.37. The number of hydrogen-bond acceptors (Lipinski definition) is 5. The summed E-state index contributed by atoms with van der Waals surface area (Å²) in [4.78, 5) is 8.52. The van der Waals surface area contributed by atoms with Gasteiger partial charge in [-0.3, -0.25) is 0 Å². The average Bonchev–Trinajstić information content (AvgIpc) is 2.38. The standard InChI is InChI=1S/C12H12Cl2N2O3/c1-5(17)8-9(14)6(13)4-7-10(8)16-12(19-3)11(15-7)18-2/h4-5,17H,1-3H3. The summed E-state index contributed by atoms with van der Waals surface area (Å²) < 4.78 is 10.2. The fourth-order valence-corrected chi connectivity index (χ4v) is 2.29. The van der Waals surface area contributed by atoms with Crippen molar-refractivity contribution in [2.24, 2.45) is 0 Å². The lowest BCUT2D eigenvalue weighted by molar-refractivity contribution is 0.200. The molecule has 0 aliphatic carbocycles. The predicted octanol–water partition coefficient (Wildman–Crippen LogP) is 3.01. The van der Waals surface area contributed by atoms with Gasteiger partial charge >= 0.3 is 0 Å². The van der Waals surface area contributed by atoms with Crippen LogP contribution < -0.4 is 9.47 Å². The Morgan fingerprint density at radius 2 is 1.74 bits per heavy atom. The van der Waals surface area contributed by atoms with Crippen LogP contribution in [0, 0.1) is 0 Å². The highest BCUT2D eigenvalue weighted by Gasteiger charge is 2.20. The Morgan fingerprint density at radius 3 is 2.26 bits per heavy atom. The highest BCUT2D eigenvalue weighted by molar-refractivity contribution is 6.43. The Morgan fingerprint density at radius 1 is 1.16 bits per heavy atom. The molecule has 1 aromatic heterocycles. The molecule has 0 spiro atoms. The maximum Gasteiger partial charge on any atom is 0.278 e. The van der Waals surface area contributed by atoms with Crippen LogP contribution >= 0.6 is 23.2 Å². The smallest absolute Gasteiger partial charge is 0.278 e. The summed E-state index contributed by atoms with van der Waals surface area (Å²) in [6.07, 6.45) is -0.832. The van der Waals surface area contributed by atoms with Gasteiger partial charge in [-0.2, -0.15) is 0 Å². The second-order valence-corrected chi connectivity index (χ2v) is 4.66. The third kappa shape index (κ3) is 2.41. The summed E-state index contributed by atoms with van der Waals surface area (Å²) in [5.41, 5.74) is 1.32. The number of nitrogens with zero attached hydrogens (tertiary/aromatic N) is 2. The zero-order valence-electron chi connectivity index (χ0n) is 10.6. The van der Waals surface area contributed by atoms with Gasteiger partial charge in [-0.25, -0.2) is 9.97 Å². The number of ether oxygens (including phenoxy) is 2. The van der Waals surface area contributed by atoms with Gasteiger partial charge in [-0.1, -0.05) is 23.2 Å². The number of aliphatic hydroxyl groups is 1. The molecule has 0 bridgehead atoms. The number of aliphatic hydroxyl groups excluding tert-OH is 1. The van der Waals surface area contributed by atoms with Gasteiger partial charge in [0.2, 0.25) is 0 Å². The number of rotatable bonds is 3. The van der Waals surface area contributed by atoms with Crippen LogP contribution in [-0.2, 0) is 0 Å². The molecule has 1 unspecified atom stereocenters. The van der Waals surface area contributed by atoms with E-state index in [1.807, 2.05) is 0 Å². The van der Waals surface area contributed by atoms with Crippen LogP contribution in [0.25, 0.3) is 11.0 Å². The van der Waals surface area contributed by atoms with E-state index in [4.69, 9.17) is 32.7 Å². The van der Waals surface area contributed by atoms with E-state index in [1.54, 1.807) is 13.0 Å². The Balaban J connectivity index is 2.87. The van der Waals surface area contributed by atoms with Gasteiger partial charge in [0.05, 0.1) is 35.9 Å². The SMILES string of the molecule is COc1nc2cc(Cl)c(Cl)c(C(C)O)c2nc1OC. The number of halogens is 2. The Hall–Kier alpha value is -1.30. The molecule has 2 rings (SSSR count). The van der Waals surface area contributed by atoms with Crippen molar-refractivity contribution in [3.63, 3.8) is 0 Å². The van der Waals surface area contributed by atoms with Gasteiger partial charge in [0.1, 0.15) is 5.52 Å². The largest absolute Gasteiger partial charge is 0.477 e. The molecule has 1 heterocycles. The third-order valence-corrected chi connectivity index (χ3v) is 3.43. The molecule has 0 aliphatic rings. The van der Waals surface area contributed by atoms with Crippen LogP contribution in [0.2, 0.25) is 10.0 Å². The first-order valence-electron chi connectivity index (χ1n) is 5.45. The number of benzene rings is 1. The third-order valence-electron chi connectivity index (χ3n) is 2.63. The Labute approximate surface area is 120 Å². The summed E-state index contributed by atoms with van der Waals surface area (Å²) in [6.45, 7) is 1.58. The summed E-state index contributed by atoms with van der Waals surface area (Å²) in [6, 6.07) is 1.57. The zero-order chi connectivity index (χ0) is 14.2. The van der Waals surface area contributed by atoms with Crippen molar-refractivity contribution in [2.75, 3.05) is 14.2 Å². The molecule has 19 heavy (non-hydrogen) atoms. The lowest BCUT2D eigenvalue weighted by atomic mass is 10.1. The monoisotopic (exact) mass is 302 g/mol. The fraction of sp³-hybridized carbons (Fsp3) is 0.333. The minimum absolute atomic E-state index is 0.218. The van der Waals surface area contributed by atoms with Crippen LogP contribution in [0.5, 0.6) is 11.8 Å². The molecule has 0 aliphatic heterocycles. The van der Waals surface area contributed by atoms with E-state index in [0.29, 0.717) is 21.6 Å². The van der Waals surface area contributed by atoms with E-state index in [9.17, 15) is 5.11 Å². The van der Waals surface area contributed by atoms with Gasteiger partial charge in [-0.05, 0) is 13.0 Å². The van der Waals surface area contributed by atoms with Crippen molar-refractivity contribution < 1.29 is 14.6 Å². The van der Waals surface area contributed by atoms with Crippen LogP contribution in [0.15, 0.2) is 6.07 Å². The van der Waals surface area contributed by atoms with Crippen molar-refractivity contribution in [3.05, 3.63) is 21.7 Å². The number of methoxy groups -OCH3 is 2. The normalized spacial score (nSPS) is 12.5. The number of hydrogen-bond donors (Lipinski definition) is 1. The highest BCUT2D eigenvalue weighted by atomic mass is 35.5. The molecule has 2 aromatic rings. The molecular weight excluding hydrogens is 291 g/mol. The van der Waals surface area contributed by atoms with Crippen molar-refractivity contribution in [3.8, 4) is 11.8 Å². The van der Waals surface area contributed by atoms with Crippen LogP contribution in [0.1, 0.15) is 18.6 Å². The second kappa shape index (κ2) is 5.36. The molecule has 1 atom stereocenters. The molecule has 0 amide bonds. The van der Waals surface area contributed by atoms with Crippen molar-refractivity contribution in [1.29, 1.82) is 0 Å². The summed E-state index contributed by atoms with van der Waals surface area (Å²) >= 11 is 12.1. The molecular formula is C12H12Cl2N2O3. The van der Waals surface area contributed by atoms with Gasteiger partial charge in [0, 0.05) is 5.56 Å². The molecule has 1 N–H and O–H groups in total. The Kier molecular flexibility index (Phi) is 3.99. The molecule has 0 saturated carbocycles. The first-order chi connectivity index (χ1) is 8.99. The predicted molar refractivity (Wildman–Crippen MR) is 73.3 cm³/mol. The van der Waals surface area contributed by atoms with Crippen molar-refractivity contribution in [1.82, 2.24) is 9.97 Å². The molecule has 0 saturated heterocycles. The molecule has 5 nitrogen and oxygen atoms in total. The summed E-state index contributed by atoms with van der Waals surface area (Å²) in [5, 5.41) is 10.4. The van der Waals surface area contributed by atoms with Gasteiger partial charge < -0.3 is 14.6 Å². The van der Waals surface area contributed by atoms with Crippen LogP contribution in [0.3, 0.4) is 0 Å². The maximum atomic E-state index is 9.83. The molecule has 7 heteroatoms. The average molecular weight is 303 g/mol. The Bertz CT molecular complexity index is 632. The molecule has 1 aromatic carbocycles. The van der Waals surface area contributed by atoms with Gasteiger partial charge in [-0.15, -0.1) is 0 Å². The second-order valence-electron chi connectivity index (χ2n) is 3.87. The topological polar surface area (TPSA) is 64.5 Å². The minimum Gasteiger partial charge on any atom is -0.477 e. The van der Waals surface area contributed by atoms with Gasteiger partial charge in [0.25, 0.3) is 11.8 Å². The van der Waals surface area contributed by atoms with Crippen molar-refractivity contribution >= 4 is 34.2 Å². The van der Waals surface area contributed by atoms with E-state index in [-0.39, 0.29) is 16.8 Å². The van der Waals surface area contributed by atoms with E-state index < -0.39 is 6.10 Å². The summed E-state index contributed by atoms with van der Waals surface area (Å²) in [7, 11) is 2.92. The molecule has 102 valence electrons. The molecule has 0 fully saturated rings. The minimum atomic E-state index is -0.832. The van der Waals surface area contributed by atoms with Crippen LogP contribution in [0.4, 0.5) is 0 Å². The zero-order valence-corrected chi connectivity index (χ0v) is 12.1. The van der Waals surface area contributed by atoms with E-state index in [1.165, 1.54) is 14.2 Å². The first-order valence-corrected chi connectivity index (χ1v) is 6.20. The fourth-order valence-electron chi connectivity index (χ4n) is 1.78. The summed E-state index contributed by atoms with van der Waals surface area (Å²) in [5.74, 6) is 0.459.